The lowest BCUT2D eigenvalue weighted by atomic mass is 10.2. The molecule has 1 amide bonds. The third kappa shape index (κ3) is 3.36. The number of para-hydroxylation sites is 2. The Hall–Kier alpha value is -2.14. The molecule has 114 valence electrons. The van der Waals surface area contributed by atoms with E-state index in [1.165, 1.54) is 4.90 Å². The molecule has 0 aliphatic carbocycles. The summed E-state index contributed by atoms with van der Waals surface area (Å²) in [7, 11) is 0. The third-order valence-corrected chi connectivity index (χ3v) is 4.17. The molecule has 1 N–H and O–H groups in total. The largest absolute Gasteiger partial charge is 0.485 e. The molecular weight excluding hydrogens is 298 g/mol. The zero-order valence-corrected chi connectivity index (χ0v) is 13.1. The van der Waals surface area contributed by atoms with E-state index in [1.807, 2.05) is 48.7 Å². The van der Waals surface area contributed by atoms with Gasteiger partial charge < -0.3 is 14.8 Å². The molecule has 0 saturated heterocycles. The zero-order valence-electron chi connectivity index (χ0n) is 12.2. The Morgan fingerprint density at radius 2 is 1.91 bits per heavy atom. The van der Waals surface area contributed by atoms with Crippen LogP contribution < -0.4 is 14.8 Å². The van der Waals surface area contributed by atoms with Crippen LogP contribution in [0.25, 0.3) is 0 Å². The highest BCUT2D eigenvalue weighted by molar-refractivity contribution is 7.98. The topological polar surface area (TPSA) is 47.6 Å². The number of nitrogens with one attached hydrogen (secondary N) is 1. The van der Waals surface area contributed by atoms with Crippen LogP contribution in [0.4, 0.5) is 0 Å². The molecule has 0 fully saturated rings. The van der Waals surface area contributed by atoms with Crippen molar-refractivity contribution in [2.24, 2.45) is 0 Å². The van der Waals surface area contributed by atoms with Crippen LogP contribution in [0.15, 0.2) is 53.4 Å². The van der Waals surface area contributed by atoms with Crippen LogP contribution >= 0.6 is 11.8 Å². The first-order valence-electron chi connectivity index (χ1n) is 7.05. The summed E-state index contributed by atoms with van der Waals surface area (Å²) >= 11 is 1.69. The Kier molecular flexibility index (Phi) is 4.53. The Bertz CT molecular complexity index is 657. The Morgan fingerprint density at radius 1 is 1.18 bits per heavy atom. The highest BCUT2D eigenvalue weighted by Crippen LogP contribution is 2.30. The summed E-state index contributed by atoms with van der Waals surface area (Å²) < 4.78 is 11.2. The quantitative estimate of drug-likeness (QED) is 0.881. The van der Waals surface area contributed by atoms with Gasteiger partial charge in [-0.2, -0.15) is 0 Å². The second-order valence-electron chi connectivity index (χ2n) is 4.93. The van der Waals surface area contributed by atoms with E-state index >= 15 is 0 Å². The molecule has 4 nitrogen and oxygen atoms in total. The van der Waals surface area contributed by atoms with Gasteiger partial charge in [0.25, 0.3) is 5.91 Å². The molecule has 0 bridgehead atoms. The summed E-state index contributed by atoms with van der Waals surface area (Å²) in [6.07, 6.45) is 1.43. The van der Waals surface area contributed by atoms with Crippen molar-refractivity contribution < 1.29 is 14.3 Å². The third-order valence-electron chi connectivity index (χ3n) is 3.43. The molecule has 0 aromatic heterocycles. The van der Waals surface area contributed by atoms with Crippen molar-refractivity contribution in [3.8, 4) is 11.5 Å². The average molecular weight is 315 g/mol. The van der Waals surface area contributed by atoms with Crippen LogP contribution in [0.2, 0.25) is 0 Å². The van der Waals surface area contributed by atoms with Crippen LogP contribution in [0, 0.1) is 0 Å². The van der Waals surface area contributed by atoms with Gasteiger partial charge in [0.05, 0.1) is 0 Å². The number of carbonyl (C=O) groups excluding carboxylic acids is 1. The average Bonchev–Trinajstić information content (AvgIpc) is 2.59. The molecule has 1 atom stereocenters. The summed E-state index contributed by atoms with van der Waals surface area (Å²) in [5.41, 5.74) is 1.06. The number of carbonyl (C=O) groups is 1. The monoisotopic (exact) mass is 315 g/mol. The molecule has 2 aromatic carbocycles. The van der Waals surface area contributed by atoms with Gasteiger partial charge >= 0.3 is 0 Å². The molecule has 1 heterocycles. The van der Waals surface area contributed by atoms with Crippen molar-refractivity contribution in [1.29, 1.82) is 0 Å². The fourth-order valence-electron chi connectivity index (χ4n) is 2.20. The normalized spacial score (nSPS) is 16.1. The van der Waals surface area contributed by atoms with Gasteiger partial charge in [0.1, 0.15) is 6.61 Å². The number of benzene rings is 2. The highest BCUT2D eigenvalue weighted by atomic mass is 32.2. The molecule has 5 heteroatoms. The first-order chi connectivity index (χ1) is 10.8. The second-order valence-corrected chi connectivity index (χ2v) is 5.81. The lowest BCUT2D eigenvalue weighted by molar-refractivity contribution is -0.130. The molecule has 0 saturated carbocycles. The zero-order chi connectivity index (χ0) is 15.4. The maximum absolute atomic E-state index is 12.2. The predicted octanol–water partition coefficient (Wildman–Crippen LogP) is 2.86. The number of ether oxygens (including phenoxy) is 2. The molecule has 3 rings (SSSR count). The van der Waals surface area contributed by atoms with E-state index in [-0.39, 0.29) is 12.5 Å². The van der Waals surface area contributed by atoms with Crippen LogP contribution in [0.5, 0.6) is 11.5 Å². The summed E-state index contributed by atoms with van der Waals surface area (Å²) in [5, 5.41) is 2.89. The smallest absolute Gasteiger partial charge is 0.264 e. The van der Waals surface area contributed by atoms with Crippen LogP contribution in [0.3, 0.4) is 0 Å². The molecule has 1 aliphatic rings. The van der Waals surface area contributed by atoms with Gasteiger partial charge in [-0.15, -0.1) is 11.8 Å². The van der Waals surface area contributed by atoms with Crippen molar-refractivity contribution in [3.05, 3.63) is 54.1 Å². The number of hydrogen-bond acceptors (Lipinski definition) is 4. The summed E-state index contributed by atoms with van der Waals surface area (Å²) in [6.45, 7) is 0.712. The number of rotatable bonds is 4. The van der Waals surface area contributed by atoms with Crippen molar-refractivity contribution in [2.45, 2.75) is 17.5 Å². The first kappa shape index (κ1) is 14.8. The highest BCUT2D eigenvalue weighted by Gasteiger charge is 2.26. The summed E-state index contributed by atoms with van der Waals surface area (Å²) in [5.74, 6) is 1.13. The van der Waals surface area contributed by atoms with Crippen molar-refractivity contribution in [1.82, 2.24) is 5.32 Å². The van der Waals surface area contributed by atoms with Crippen LogP contribution in [0.1, 0.15) is 5.56 Å². The van der Waals surface area contributed by atoms with Gasteiger partial charge in [0, 0.05) is 11.4 Å². The van der Waals surface area contributed by atoms with E-state index in [0.717, 1.165) is 5.56 Å². The van der Waals surface area contributed by atoms with Gasteiger partial charge in [-0.05, 0) is 36.1 Å². The Balaban J connectivity index is 1.56. The standard InChI is InChI=1S/C17H17NO3S/c1-22-13-8-6-12(7-9-13)10-18-17(19)16-11-20-14-4-2-3-5-15(14)21-16/h2-9,16H,10-11H2,1H3,(H,18,19). The molecular formula is C17H17NO3S. The maximum atomic E-state index is 12.2. The van der Waals surface area contributed by atoms with Crippen LogP contribution in [-0.4, -0.2) is 24.9 Å². The minimum absolute atomic E-state index is 0.163. The second kappa shape index (κ2) is 6.75. The fraction of sp³-hybridized carbons (Fsp3) is 0.235. The first-order valence-corrected chi connectivity index (χ1v) is 8.28. The SMILES string of the molecule is CSc1ccc(CNC(=O)C2COc3ccccc3O2)cc1. The van der Waals surface area contributed by atoms with Crippen molar-refractivity contribution in [2.75, 3.05) is 12.9 Å². The van der Waals surface area contributed by atoms with E-state index in [0.29, 0.717) is 18.0 Å². The van der Waals surface area contributed by atoms with Crippen LogP contribution in [-0.2, 0) is 11.3 Å². The number of hydrogen-bond donors (Lipinski definition) is 1. The molecule has 2 aromatic rings. The van der Waals surface area contributed by atoms with Gasteiger partial charge in [-0.3, -0.25) is 4.79 Å². The molecule has 1 aliphatic heterocycles. The van der Waals surface area contributed by atoms with E-state index in [1.54, 1.807) is 17.8 Å². The van der Waals surface area contributed by atoms with Gasteiger partial charge in [0.2, 0.25) is 6.10 Å². The molecule has 22 heavy (non-hydrogen) atoms. The Labute approximate surface area is 133 Å². The lowest BCUT2D eigenvalue weighted by Crippen LogP contribution is -2.43. The lowest BCUT2D eigenvalue weighted by Gasteiger charge is -2.25. The summed E-state index contributed by atoms with van der Waals surface area (Å²) in [4.78, 5) is 13.4. The fourth-order valence-corrected chi connectivity index (χ4v) is 2.60. The Morgan fingerprint density at radius 3 is 2.64 bits per heavy atom. The minimum atomic E-state index is -0.611. The number of amides is 1. The van der Waals surface area contributed by atoms with E-state index in [2.05, 4.69) is 5.32 Å². The van der Waals surface area contributed by atoms with Crippen molar-refractivity contribution >= 4 is 17.7 Å². The number of fused-ring (bicyclic) bond motifs is 1. The van der Waals surface area contributed by atoms with Gasteiger partial charge in [-0.1, -0.05) is 24.3 Å². The van der Waals surface area contributed by atoms with E-state index in [9.17, 15) is 4.79 Å². The molecule has 1 unspecified atom stereocenters. The van der Waals surface area contributed by atoms with Gasteiger partial charge in [-0.25, -0.2) is 0 Å². The number of thioether (sulfide) groups is 1. The van der Waals surface area contributed by atoms with Gasteiger partial charge in [0.15, 0.2) is 11.5 Å². The summed E-state index contributed by atoms with van der Waals surface area (Å²) in [6, 6.07) is 15.5. The van der Waals surface area contributed by atoms with E-state index < -0.39 is 6.10 Å². The molecule has 0 radical (unpaired) electrons. The molecule has 0 spiro atoms. The maximum Gasteiger partial charge on any atom is 0.264 e. The van der Waals surface area contributed by atoms with Crippen molar-refractivity contribution in [3.63, 3.8) is 0 Å². The van der Waals surface area contributed by atoms with E-state index in [4.69, 9.17) is 9.47 Å². The minimum Gasteiger partial charge on any atom is -0.485 e. The predicted molar refractivity (Wildman–Crippen MR) is 86.4 cm³/mol.